The Morgan fingerprint density at radius 1 is 1.27 bits per heavy atom. The van der Waals surface area contributed by atoms with Crippen LogP contribution in [0.1, 0.15) is 16.7 Å². The van der Waals surface area contributed by atoms with Crippen LogP contribution in [-0.2, 0) is 12.8 Å². The molecule has 0 saturated heterocycles. The Morgan fingerprint density at radius 2 is 2.05 bits per heavy atom. The molecule has 0 spiro atoms. The number of thiocarbonyl (C=S) groups is 1. The molecule has 1 aliphatic rings. The molecule has 0 amide bonds. The van der Waals surface area contributed by atoms with Crippen LogP contribution in [0.3, 0.4) is 0 Å². The molecule has 0 atom stereocenters. The maximum atomic E-state index is 13.7. The van der Waals surface area contributed by atoms with Crippen LogP contribution in [0, 0.1) is 11.6 Å². The third kappa shape index (κ3) is 2.87. The first-order valence-electron chi connectivity index (χ1n) is 6.56. The molecular weight excluding hydrogens is 326 g/mol. The van der Waals surface area contributed by atoms with E-state index in [-0.39, 0.29) is 5.02 Å². The Morgan fingerprint density at radius 3 is 2.77 bits per heavy atom. The lowest BCUT2D eigenvalue weighted by Crippen LogP contribution is -2.13. The number of halogens is 3. The zero-order valence-electron chi connectivity index (χ0n) is 11.4. The summed E-state index contributed by atoms with van der Waals surface area (Å²) in [6, 6.07) is 7.15. The van der Waals surface area contributed by atoms with E-state index in [0.717, 1.165) is 11.1 Å². The summed E-state index contributed by atoms with van der Waals surface area (Å²) in [7, 11) is 0. The summed E-state index contributed by atoms with van der Waals surface area (Å²) in [6.45, 7) is 0. The molecule has 112 valence electrons. The zero-order valence-corrected chi connectivity index (χ0v) is 12.9. The van der Waals surface area contributed by atoms with Crippen LogP contribution >= 0.6 is 23.8 Å². The Balaban J connectivity index is 1.92. The summed E-state index contributed by atoms with van der Waals surface area (Å²) in [4.78, 5) is 4.66. The van der Waals surface area contributed by atoms with Gasteiger partial charge in [-0.05, 0) is 41.0 Å². The SMILES string of the molecule is NC1=Nc2cc(F)cc(C(=S)Cc3ccc(F)c(Cl)c3)c2C1. The number of aliphatic imine (C=N–C) groups is 1. The van der Waals surface area contributed by atoms with Crippen molar-refractivity contribution in [3.63, 3.8) is 0 Å². The van der Waals surface area contributed by atoms with E-state index in [1.165, 1.54) is 24.3 Å². The number of hydrogen-bond donors (Lipinski definition) is 1. The molecular formula is C16H11ClF2N2S. The highest BCUT2D eigenvalue weighted by molar-refractivity contribution is 7.80. The largest absolute Gasteiger partial charge is 0.387 e. The Hall–Kier alpha value is -1.85. The lowest BCUT2D eigenvalue weighted by Gasteiger charge is -2.10. The molecule has 6 heteroatoms. The number of benzene rings is 2. The van der Waals surface area contributed by atoms with Crippen molar-refractivity contribution in [3.8, 4) is 0 Å². The van der Waals surface area contributed by atoms with E-state index < -0.39 is 11.6 Å². The van der Waals surface area contributed by atoms with Gasteiger partial charge in [-0.3, -0.25) is 0 Å². The number of fused-ring (bicyclic) bond motifs is 1. The molecule has 0 aromatic heterocycles. The van der Waals surface area contributed by atoms with E-state index in [9.17, 15) is 8.78 Å². The molecule has 0 bridgehead atoms. The highest BCUT2D eigenvalue weighted by Gasteiger charge is 2.20. The van der Waals surface area contributed by atoms with Crippen molar-refractivity contribution in [2.24, 2.45) is 10.7 Å². The average molecular weight is 337 g/mol. The first kappa shape index (κ1) is 15.1. The predicted molar refractivity (Wildman–Crippen MR) is 88.2 cm³/mol. The van der Waals surface area contributed by atoms with E-state index in [4.69, 9.17) is 29.6 Å². The predicted octanol–water partition coefficient (Wildman–Crippen LogP) is 4.12. The van der Waals surface area contributed by atoms with Gasteiger partial charge in [0.05, 0.1) is 10.7 Å². The number of amidine groups is 1. The van der Waals surface area contributed by atoms with Crippen LogP contribution in [0.5, 0.6) is 0 Å². The maximum Gasteiger partial charge on any atom is 0.141 e. The molecule has 2 N–H and O–H groups in total. The molecule has 3 rings (SSSR count). The topological polar surface area (TPSA) is 38.4 Å². The van der Waals surface area contributed by atoms with Gasteiger partial charge in [0.1, 0.15) is 17.5 Å². The lowest BCUT2D eigenvalue weighted by atomic mass is 9.97. The smallest absolute Gasteiger partial charge is 0.141 e. The standard InChI is InChI=1S/C16H11ClF2N2S/c17-12-3-8(1-2-13(12)19)4-15(22)11-5-9(18)6-14-10(11)7-16(20)21-14/h1-3,5-6H,4,7H2,(H2,20,21). The fourth-order valence-electron chi connectivity index (χ4n) is 2.46. The van der Waals surface area contributed by atoms with Gasteiger partial charge >= 0.3 is 0 Å². The molecule has 0 unspecified atom stereocenters. The van der Waals surface area contributed by atoms with Gasteiger partial charge in [-0.1, -0.05) is 29.9 Å². The second-order valence-electron chi connectivity index (χ2n) is 5.08. The summed E-state index contributed by atoms with van der Waals surface area (Å²) in [5.41, 5.74) is 8.45. The Kier molecular flexibility index (Phi) is 3.93. The van der Waals surface area contributed by atoms with E-state index >= 15 is 0 Å². The van der Waals surface area contributed by atoms with Crippen molar-refractivity contribution < 1.29 is 8.78 Å². The maximum absolute atomic E-state index is 13.7. The average Bonchev–Trinajstić information content (AvgIpc) is 2.82. The minimum absolute atomic E-state index is 0.0392. The monoisotopic (exact) mass is 336 g/mol. The zero-order chi connectivity index (χ0) is 15.9. The molecule has 2 aromatic carbocycles. The van der Waals surface area contributed by atoms with Gasteiger partial charge in [-0.25, -0.2) is 13.8 Å². The van der Waals surface area contributed by atoms with Gasteiger partial charge in [0.15, 0.2) is 0 Å². The van der Waals surface area contributed by atoms with Crippen LogP contribution in [0.2, 0.25) is 5.02 Å². The van der Waals surface area contributed by atoms with Crippen LogP contribution in [0.15, 0.2) is 35.3 Å². The van der Waals surface area contributed by atoms with Crippen molar-refractivity contribution in [2.45, 2.75) is 12.8 Å². The second kappa shape index (κ2) is 5.74. The van der Waals surface area contributed by atoms with Crippen LogP contribution in [-0.4, -0.2) is 10.7 Å². The molecule has 2 aromatic rings. The highest BCUT2D eigenvalue weighted by Crippen LogP contribution is 2.31. The fourth-order valence-corrected chi connectivity index (χ4v) is 3.01. The molecule has 0 fully saturated rings. The number of hydrogen-bond acceptors (Lipinski definition) is 3. The summed E-state index contributed by atoms with van der Waals surface area (Å²) in [5.74, 6) is -0.453. The summed E-state index contributed by atoms with van der Waals surface area (Å²) < 4.78 is 26.9. The van der Waals surface area contributed by atoms with Gasteiger partial charge in [-0.15, -0.1) is 0 Å². The number of nitrogens with zero attached hydrogens (tertiary/aromatic N) is 1. The summed E-state index contributed by atoms with van der Waals surface area (Å²) in [6.07, 6.45) is 0.820. The van der Waals surface area contributed by atoms with Gasteiger partial charge in [0, 0.05) is 17.7 Å². The molecule has 0 aliphatic carbocycles. The summed E-state index contributed by atoms with van der Waals surface area (Å²) >= 11 is 11.2. The van der Waals surface area contributed by atoms with Crippen molar-refractivity contribution in [1.29, 1.82) is 0 Å². The van der Waals surface area contributed by atoms with Crippen molar-refractivity contribution in [3.05, 3.63) is 63.7 Å². The number of rotatable bonds is 3. The van der Waals surface area contributed by atoms with Crippen LogP contribution in [0.4, 0.5) is 14.5 Å². The van der Waals surface area contributed by atoms with Crippen LogP contribution < -0.4 is 5.73 Å². The van der Waals surface area contributed by atoms with Crippen molar-refractivity contribution in [1.82, 2.24) is 0 Å². The molecule has 0 saturated carbocycles. The molecule has 1 aliphatic heterocycles. The molecule has 0 radical (unpaired) electrons. The highest BCUT2D eigenvalue weighted by atomic mass is 35.5. The second-order valence-corrected chi connectivity index (χ2v) is 5.98. The molecule has 2 nitrogen and oxygen atoms in total. The van der Waals surface area contributed by atoms with Gasteiger partial charge in [-0.2, -0.15) is 0 Å². The quantitative estimate of drug-likeness (QED) is 0.676. The summed E-state index contributed by atoms with van der Waals surface area (Å²) in [5, 5.41) is 0.0392. The van der Waals surface area contributed by atoms with E-state index in [0.29, 0.717) is 34.8 Å². The third-order valence-corrected chi connectivity index (χ3v) is 4.12. The molecule has 1 heterocycles. The van der Waals surface area contributed by atoms with Crippen LogP contribution in [0.25, 0.3) is 0 Å². The molecule has 22 heavy (non-hydrogen) atoms. The Bertz CT molecular complexity index is 818. The van der Waals surface area contributed by atoms with Crippen molar-refractivity contribution in [2.75, 3.05) is 0 Å². The third-order valence-electron chi connectivity index (χ3n) is 3.46. The van der Waals surface area contributed by atoms with Crippen molar-refractivity contribution >= 4 is 40.2 Å². The van der Waals surface area contributed by atoms with Gasteiger partial charge in [0.25, 0.3) is 0 Å². The first-order chi connectivity index (χ1) is 10.4. The fraction of sp³-hybridized carbons (Fsp3) is 0.125. The Labute approximate surface area is 136 Å². The minimum atomic E-state index is -0.482. The van der Waals surface area contributed by atoms with Gasteiger partial charge in [0.2, 0.25) is 0 Å². The number of nitrogens with two attached hydrogens (primary N) is 1. The van der Waals surface area contributed by atoms with Gasteiger partial charge < -0.3 is 5.73 Å². The van der Waals surface area contributed by atoms with E-state index in [1.807, 2.05) is 0 Å². The lowest BCUT2D eigenvalue weighted by molar-refractivity contribution is 0.627. The normalized spacial score (nSPS) is 13.0. The first-order valence-corrected chi connectivity index (χ1v) is 7.35. The minimum Gasteiger partial charge on any atom is -0.387 e. The van der Waals surface area contributed by atoms with E-state index in [2.05, 4.69) is 4.99 Å². The van der Waals surface area contributed by atoms with E-state index in [1.54, 1.807) is 6.07 Å².